The predicted molar refractivity (Wildman–Crippen MR) is 134 cm³/mol. The van der Waals surface area contributed by atoms with Crippen molar-refractivity contribution >= 4 is 5.78 Å². The number of carbonyl (C=O) groups excluding carboxylic acids is 1. The number of ketones is 1. The molecule has 3 heteroatoms. The van der Waals surface area contributed by atoms with Crippen LogP contribution in [0.3, 0.4) is 0 Å². The Labute approximate surface area is 195 Å². The van der Waals surface area contributed by atoms with Crippen LogP contribution in [0.1, 0.15) is 94.3 Å². The first kappa shape index (κ1) is 27.4. The third-order valence-electron chi connectivity index (χ3n) is 5.57. The molecule has 0 amide bonds. The second kappa shape index (κ2) is 14.5. The van der Waals surface area contributed by atoms with E-state index in [0.717, 1.165) is 67.4 Å². The van der Waals surface area contributed by atoms with Crippen LogP contribution in [0.25, 0.3) is 0 Å². The van der Waals surface area contributed by atoms with Crippen LogP contribution in [0.15, 0.2) is 42.5 Å². The van der Waals surface area contributed by atoms with Crippen LogP contribution in [0.5, 0.6) is 5.75 Å². The predicted octanol–water partition coefficient (Wildman–Crippen LogP) is 7.75. The molecule has 0 saturated heterocycles. The number of unbranched alkanes of at least 4 members (excludes halogenated alkanes) is 1. The topological polar surface area (TPSA) is 50.1 Å². The molecule has 0 aliphatic rings. The van der Waals surface area contributed by atoms with Crippen molar-refractivity contribution in [2.45, 2.75) is 86.5 Å². The molecule has 3 nitrogen and oxygen atoms in total. The third kappa shape index (κ3) is 9.69. The largest absolute Gasteiger partial charge is 0.493 e. The van der Waals surface area contributed by atoms with E-state index >= 15 is 0 Å². The summed E-state index contributed by atoms with van der Waals surface area (Å²) in [6, 6.07) is 16.8. The van der Waals surface area contributed by atoms with E-state index in [-0.39, 0.29) is 11.2 Å². The number of hydrogen-bond acceptors (Lipinski definition) is 3. The zero-order valence-corrected chi connectivity index (χ0v) is 21.0. The molecule has 174 valence electrons. The first-order valence-electron chi connectivity index (χ1n) is 12.0. The van der Waals surface area contributed by atoms with E-state index < -0.39 is 0 Å². The molecule has 0 aromatic heterocycles. The zero-order valence-electron chi connectivity index (χ0n) is 21.0. The summed E-state index contributed by atoms with van der Waals surface area (Å²) in [4.78, 5) is 11.9. The average Bonchev–Trinajstić information content (AvgIpc) is 2.80. The van der Waals surface area contributed by atoms with E-state index in [1.807, 2.05) is 26.0 Å². The Morgan fingerprint density at radius 3 is 2.19 bits per heavy atom. The van der Waals surface area contributed by atoms with Crippen LogP contribution < -0.4 is 4.74 Å². The molecule has 2 aromatic rings. The van der Waals surface area contributed by atoms with Gasteiger partial charge in [-0.15, -0.1) is 0 Å². The molecule has 0 unspecified atom stereocenters. The van der Waals surface area contributed by atoms with Crippen LogP contribution >= 0.6 is 0 Å². The van der Waals surface area contributed by atoms with E-state index in [1.54, 1.807) is 6.92 Å². The molecule has 0 spiro atoms. The summed E-state index contributed by atoms with van der Waals surface area (Å²) in [6.45, 7) is 12.6. The van der Waals surface area contributed by atoms with Gasteiger partial charge in [0.15, 0.2) is 5.78 Å². The average molecular weight is 436 g/mol. The summed E-state index contributed by atoms with van der Waals surface area (Å²) in [5, 5.41) is 9.04. The molecular weight excluding hydrogens is 394 g/mol. The first-order valence-corrected chi connectivity index (χ1v) is 12.0. The van der Waals surface area contributed by atoms with Crippen molar-refractivity contribution in [2.75, 3.05) is 6.61 Å². The number of nitriles is 1. The molecule has 0 atom stereocenters. The minimum Gasteiger partial charge on any atom is -0.493 e. The standard InChI is InChI=1S/C21H31NO2.C8H10/c1-6-10-18-14-20(17(7-2)13-19(18)16(3)23)24-12-9-8-11-21(4,5)15-22;1-2-8-6-4-3-5-7-8/h13-14H,6-12H2,1-5H3;3-7H,2H2,1H3. The van der Waals surface area contributed by atoms with Crippen LogP contribution in [-0.2, 0) is 19.3 Å². The third-order valence-corrected chi connectivity index (χ3v) is 5.57. The number of hydrogen-bond donors (Lipinski definition) is 0. The maximum Gasteiger partial charge on any atom is 0.160 e. The number of ether oxygens (including phenoxy) is 1. The lowest BCUT2D eigenvalue weighted by molar-refractivity contribution is 0.101. The summed E-state index contributed by atoms with van der Waals surface area (Å²) >= 11 is 0. The van der Waals surface area contributed by atoms with Gasteiger partial charge in [-0.2, -0.15) is 5.26 Å². The van der Waals surface area contributed by atoms with Crippen molar-refractivity contribution in [2.24, 2.45) is 5.41 Å². The van der Waals surface area contributed by atoms with Crippen molar-refractivity contribution in [1.82, 2.24) is 0 Å². The van der Waals surface area contributed by atoms with E-state index in [9.17, 15) is 4.79 Å². The van der Waals surface area contributed by atoms with Crippen molar-refractivity contribution in [3.8, 4) is 11.8 Å². The van der Waals surface area contributed by atoms with E-state index in [1.165, 1.54) is 5.56 Å². The Kier molecular flexibility index (Phi) is 12.4. The van der Waals surface area contributed by atoms with E-state index in [4.69, 9.17) is 10.00 Å². The molecule has 32 heavy (non-hydrogen) atoms. The van der Waals surface area contributed by atoms with E-state index in [2.05, 4.69) is 57.2 Å². The molecule has 0 bridgehead atoms. The quantitative estimate of drug-likeness (QED) is 0.268. The summed E-state index contributed by atoms with van der Waals surface area (Å²) in [7, 11) is 0. The van der Waals surface area contributed by atoms with Crippen LogP contribution in [0.2, 0.25) is 0 Å². The Morgan fingerprint density at radius 2 is 1.69 bits per heavy atom. The summed E-state index contributed by atoms with van der Waals surface area (Å²) in [5.41, 5.74) is 4.16. The highest BCUT2D eigenvalue weighted by atomic mass is 16.5. The van der Waals surface area contributed by atoms with Gasteiger partial charge in [0.1, 0.15) is 5.75 Å². The number of carbonyl (C=O) groups is 1. The molecule has 0 N–H and O–H groups in total. The van der Waals surface area contributed by atoms with Crippen molar-refractivity contribution in [3.63, 3.8) is 0 Å². The Balaban J connectivity index is 0.000000533. The SMILES string of the molecule is CCCc1cc(OCCCCC(C)(C)C#N)c(CC)cc1C(C)=O.CCc1ccccc1. The van der Waals surface area contributed by atoms with Gasteiger partial charge in [-0.05, 0) is 88.1 Å². The van der Waals surface area contributed by atoms with Gasteiger partial charge in [0.05, 0.1) is 18.1 Å². The van der Waals surface area contributed by atoms with Crippen LogP contribution in [0.4, 0.5) is 0 Å². The maximum absolute atomic E-state index is 11.9. The molecule has 0 fully saturated rings. The van der Waals surface area contributed by atoms with Crippen LogP contribution in [0, 0.1) is 16.7 Å². The highest BCUT2D eigenvalue weighted by molar-refractivity contribution is 5.96. The fourth-order valence-electron chi connectivity index (χ4n) is 3.50. The lowest BCUT2D eigenvalue weighted by atomic mass is 9.89. The Bertz CT molecular complexity index is 863. The summed E-state index contributed by atoms with van der Waals surface area (Å²) in [6.07, 6.45) is 6.70. The molecule has 0 heterocycles. The molecule has 0 saturated carbocycles. The molecule has 2 aromatic carbocycles. The molecule has 2 rings (SSSR count). The second-order valence-corrected chi connectivity index (χ2v) is 8.92. The van der Waals surface area contributed by atoms with E-state index in [0.29, 0.717) is 6.61 Å². The van der Waals surface area contributed by atoms with Crippen molar-refractivity contribution in [3.05, 3.63) is 64.7 Å². The van der Waals surface area contributed by atoms with Crippen LogP contribution in [-0.4, -0.2) is 12.4 Å². The van der Waals surface area contributed by atoms with Gasteiger partial charge in [0.25, 0.3) is 0 Å². The van der Waals surface area contributed by atoms with Gasteiger partial charge in [-0.25, -0.2) is 0 Å². The highest BCUT2D eigenvalue weighted by Crippen LogP contribution is 2.27. The maximum atomic E-state index is 11.9. The minimum absolute atomic E-state index is 0.124. The first-order chi connectivity index (χ1) is 15.3. The van der Waals surface area contributed by atoms with Crippen molar-refractivity contribution in [1.29, 1.82) is 5.26 Å². The minimum atomic E-state index is -0.258. The fourth-order valence-corrected chi connectivity index (χ4v) is 3.50. The Morgan fingerprint density at radius 1 is 1.00 bits per heavy atom. The summed E-state index contributed by atoms with van der Waals surface area (Å²) in [5.74, 6) is 1.03. The number of nitrogens with zero attached hydrogens (tertiary/aromatic N) is 1. The number of Topliss-reactive ketones (excluding diaryl/α,β-unsaturated/α-hetero) is 1. The van der Waals surface area contributed by atoms with Gasteiger partial charge in [-0.1, -0.05) is 57.5 Å². The van der Waals surface area contributed by atoms with Gasteiger partial charge in [0.2, 0.25) is 0 Å². The Hall–Kier alpha value is -2.60. The highest BCUT2D eigenvalue weighted by Gasteiger charge is 2.16. The number of aryl methyl sites for hydroxylation is 3. The molecule has 0 aliphatic heterocycles. The van der Waals surface area contributed by atoms with Gasteiger partial charge in [0, 0.05) is 5.56 Å². The lowest BCUT2D eigenvalue weighted by Crippen LogP contribution is -2.09. The lowest BCUT2D eigenvalue weighted by Gasteiger charge is -2.17. The monoisotopic (exact) mass is 435 g/mol. The van der Waals surface area contributed by atoms with Gasteiger partial charge >= 0.3 is 0 Å². The zero-order chi connectivity index (χ0) is 24.0. The van der Waals surface area contributed by atoms with Crippen molar-refractivity contribution < 1.29 is 9.53 Å². The summed E-state index contributed by atoms with van der Waals surface area (Å²) < 4.78 is 6.00. The second-order valence-electron chi connectivity index (χ2n) is 8.92. The molecule has 0 aliphatic carbocycles. The van der Waals surface area contributed by atoms with Gasteiger partial charge < -0.3 is 4.74 Å². The molecular formula is C29H41NO2. The smallest absolute Gasteiger partial charge is 0.160 e. The normalized spacial score (nSPS) is 10.7. The fraction of sp³-hybridized carbons (Fsp3) is 0.517. The number of rotatable bonds is 11. The van der Waals surface area contributed by atoms with Gasteiger partial charge in [-0.3, -0.25) is 4.79 Å². The molecule has 0 radical (unpaired) electrons. The number of benzene rings is 2.